The largest absolute Gasteiger partial charge is 0.473 e. The second-order valence-corrected chi connectivity index (χ2v) is 4.54. The Bertz CT molecular complexity index is 497. The van der Waals surface area contributed by atoms with Gasteiger partial charge in [0.2, 0.25) is 0 Å². The molecule has 0 aromatic carbocycles. The summed E-state index contributed by atoms with van der Waals surface area (Å²) in [4.78, 5) is 3.79. The van der Waals surface area contributed by atoms with E-state index in [1.54, 1.807) is 0 Å². The molecule has 1 aliphatic rings. The van der Waals surface area contributed by atoms with E-state index >= 15 is 0 Å². The van der Waals surface area contributed by atoms with Crippen LogP contribution in [0.15, 0.2) is 6.20 Å². The fraction of sp³-hybridized carbons (Fsp3) is 0.625. The molecule has 6 heteroatoms. The second-order valence-electron chi connectivity index (χ2n) is 4.54. The van der Waals surface area contributed by atoms with Gasteiger partial charge in [-0.15, -0.1) is 0 Å². The van der Waals surface area contributed by atoms with Crippen molar-refractivity contribution in [2.75, 3.05) is 19.8 Å². The number of halogens is 1. The van der Waals surface area contributed by atoms with E-state index in [1.807, 2.05) is 19.9 Å². The van der Waals surface area contributed by atoms with Gasteiger partial charge in [-0.3, -0.25) is 0 Å². The first-order valence-corrected chi connectivity index (χ1v) is 7.63. The zero-order chi connectivity index (χ0) is 16.4. The predicted molar refractivity (Wildman–Crippen MR) is 80.0 cm³/mol. The van der Waals surface area contributed by atoms with Crippen LogP contribution in [0.5, 0.6) is 5.88 Å². The quantitative estimate of drug-likeness (QED) is 0.780. The van der Waals surface area contributed by atoms with Gasteiger partial charge in [-0.25, -0.2) is 9.37 Å². The maximum atomic E-state index is 13.8. The van der Waals surface area contributed by atoms with Crippen LogP contribution in [0.4, 0.5) is 4.39 Å². The van der Waals surface area contributed by atoms with Crippen molar-refractivity contribution in [1.29, 1.82) is 5.26 Å². The van der Waals surface area contributed by atoms with Crippen molar-refractivity contribution >= 4 is 0 Å². The van der Waals surface area contributed by atoms with Crippen LogP contribution in [0.3, 0.4) is 0 Å². The number of aromatic nitrogens is 1. The minimum Gasteiger partial charge on any atom is -0.473 e. The molecule has 5 nitrogen and oxygen atoms in total. The van der Waals surface area contributed by atoms with Gasteiger partial charge in [0, 0.05) is 18.4 Å². The molecule has 0 amide bonds. The minimum absolute atomic E-state index is 0.102. The molecule has 0 N–H and O–H groups in total. The highest BCUT2D eigenvalue weighted by molar-refractivity contribution is 5.38. The molecule has 1 atom stereocenters. The smallest absolute Gasteiger partial charge is 0.250 e. The Morgan fingerprint density at radius 1 is 1.41 bits per heavy atom. The Kier molecular flexibility index (Phi) is 8.41. The highest BCUT2D eigenvalue weighted by Gasteiger charge is 2.15. The molecular formula is C16H23FN2O3. The average molecular weight is 310 g/mol. The number of ether oxygens (including phenoxy) is 3. The maximum absolute atomic E-state index is 13.8. The van der Waals surface area contributed by atoms with Gasteiger partial charge >= 0.3 is 0 Å². The van der Waals surface area contributed by atoms with E-state index in [4.69, 9.17) is 19.5 Å². The number of nitrogens with zero attached hydrogens (tertiary/aromatic N) is 2. The molecule has 1 aromatic heterocycles. The number of pyridine rings is 1. The van der Waals surface area contributed by atoms with E-state index in [2.05, 4.69) is 4.98 Å². The van der Waals surface area contributed by atoms with E-state index in [1.165, 1.54) is 13.1 Å². The van der Waals surface area contributed by atoms with Crippen LogP contribution in [-0.4, -0.2) is 31.1 Å². The van der Waals surface area contributed by atoms with E-state index in [0.717, 1.165) is 25.9 Å². The molecule has 0 spiro atoms. The van der Waals surface area contributed by atoms with Crippen LogP contribution in [0.25, 0.3) is 0 Å². The first-order chi connectivity index (χ1) is 10.7. The molecule has 1 fully saturated rings. The predicted octanol–water partition coefficient (Wildman–Crippen LogP) is 3.35. The van der Waals surface area contributed by atoms with Crippen molar-refractivity contribution in [2.24, 2.45) is 0 Å². The van der Waals surface area contributed by atoms with E-state index < -0.39 is 5.82 Å². The zero-order valence-electron chi connectivity index (χ0n) is 13.4. The monoisotopic (exact) mass is 310 g/mol. The third kappa shape index (κ3) is 5.24. The lowest BCUT2D eigenvalue weighted by Crippen LogP contribution is -2.24. The van der Waals surface area contributed by atoms with E-state index in [0.29, 0.717) is 6.61 Å². The molecule has 22 heavy (non-hydrogen) atoms. The Morgan fingerprint density at radius 3 is 2.82 bits per heavy atom. The third-order valence-corrected chi connectivity index (χ3v) is 3.12. The van der Waals surface area contributed by atoms with Gasteiger partial charge in [-0.1, -0.05) is 13.8 Å². The highest BCUT2D eigenvalue weighted by Crippen LogP contribution is 2.20. The fourth-order valence-corrected chi connectivity index (χ4v) is 1.93. The summed E-state index contributed by atoms with van der Waals surface area (Å²) in [6, 6.07) is 1.87. The lowest BCUT2D eigenvalue weighted by molar-refractivity contribution is -0.165. The van der Waals surface area contributed by atoms with Gasteiger partial charge in [0.15, 0.2) is 12.1 Å². The molecule has 1 unspecified atom stereocenters. The molecule has 1 aromatic rings. The summed E-state index contributed by atoms with van der Waals surface area (Å²) in [7, 11) is 0. The van der Waals surface area contributed by atoms with Crippen LogP contribution in [0.1, 0.15) is 44.2 Å². The van der Waals surface area contributed by atoms with Gasteiger partial charge in [0.05, 0.1) is 12.2 Å². The standard InChI is InChI=1S/C14H17FN2O3.C2H6/c1-10-11(8-16)9-17-14(13(10)15)20-7-6-19-12-4-2-3-5-18-12;1-2/h9,12H,2-7H2,1H3;1-2H3. The van der Waals surface area contributed by atoms with Gasteiger partial charge in [-0.2, -0.15) is 5.26 Å². The van der Waals surface area contributed by atoms with Gasteiger partial charge in [0.1, 0.15) is 12.7 Å². The molecule has 0 radical (unpaired) electrons. The maximum Gasteiger partial charge on any atom is 0.250 e. The fourth-order valence-electron chi connectivity index (χ4n) is 1.93. The normalized spacial score (nSPS) is 17.1. The SMILES string of the molecule is CC.Cc1c(C#N)cnc(OCCOC2CCCCO2)c1F. The number of rotatable bonds is 5. The Balaban J connectivity index is 0.00000116. The molecular weight excluding hydrogens is 287 g/mol. The summed E-state index contributed by atoms with van der Waals surface area (Å²) in [6.45, 7) is 6.74. The molecule has 2 heterocycles. The van der Waals surface area contributed by atoms with Crippen LogP contribution in [0, 0.1) is 24.1 Å². The molecule has 0 bridgehead atoms. The summed E-state index contributed by atoms with van der Waals surface area (Å²) in [5.41, 5.74) is 0.454. The summed E-state index contributed by atoms with van der Waals surface area (Å²) in [6.07, 6.45) is 4.15. The van der Waals surface area contributed by atoms with Crippen molar-refractivity contribution in [3.8, 4) is 11.9 Å². The Labute approximate surface area is 131 Å². The summed E-state index contributed by atoms with van der Waals surface area (Å²) in [5, 5.41) is 8.76. The van der Waals surface area contributed by atoms with Crippen molar-refractivity contribution in [2.45, 2.75) is 46.3 Å². The third-order valence-electron chi connectivity index (χ3n) is 3.12. The van der Waals surface area contributed by atoms with Crippen LogP contribution >= 0.6 is 0 Å². The van der Waals surface area contributed by atoms with Crippen LogP contribution in [0.2, 0.25) is 0 Å². The molecule has 1 aliphatic heterocycles. The average Bonchev–Trinajstić information content (AvgIpc) is 2.58. The van der Waals surface area contributed by atoms with Gasteiger partial charge in [0.25, 0.3) is 5.88 Å². The summed E-state index contributed by atoms with van der Waals surface area (Å²) >= 11 is 0. The molecule has 1 saturated heterocycles. The van der Waals surface area contributed by atoms with Crippen LogP contribution < -0.4 is 4.74 Å². The Hall–Kier alpha value is -1.71. The molecule has 0 saturated carbocycles. The van der Waals surface area contributed by atoms with Crippen LogP contribution in [-0.2, 0) is 9.47 Å². The second kappa shape index (κ2) is 10.1. The number of nitriles is 1. The van der Waals surface area contributed by atoms with E-state index in [-0.39, 0.29) is 29.9 Å². The minimum atomic E-state index is -0.599. The summed E-state index contributed by atoms with van der Waals surface area (Å²) < 4.78 is 29.9. The zero-order valence-corrected chi connectivity index (χ0v) is 13.4. The number of hydrogen-bond donors (Lipinski definition) is 0. The Morgan fingerprint density at radius 2 is 2.18 bits per heavy atom. The first-order valence-electron chi connectivity index (χ1n) is 7.63. The van der Waals surface area contributed by atoms with Gasteiger partial charge in [-0.05, 0) is 26.2 Å². The lowest BCUT2D eigenvalue weighted by atomic mass is 10.2. The van der Waals surface area contributed by atoms with E-state index in [9.17, 15) is 4.39 Å². The van der Waals surface area contributed by atoms with Crippen molar-refractivity contribution < 1.29 is 18.6 Å². The topological polar surface area (TPSA) is 64.4 Å². The lowest BCUT2D eigenvalue weighted by Gasteiger charge is -2.22. The number of hydrogen-bond acceptors (Lipinski definition) is 5. The van der Waals surface area contributed by atoms with Gasteiger partial charge < -0.3 is 14.2 Å². The first kappa shape index (κ1) is 18.3. The highest BCUT2D eigenvalue weighted by atomic mass is 19.1. The summed E-state index contributed by atoms with van der Waals surface area (Å²) in [5.74, 6) is -0.701. The molecule has 122 valence electrons. The van der Waals surface area contributed by atoms with Crippen molar-refractivity contribution in [3.05, 3.63) is 23.1 Å². The van der Waals surface area contributed by atoms with Crippen molar-refractivity contribution in [1.82, 2.24) is 4.98 Å². The molecule has 0 aliphatic carbocycles. The molecule has 2 rings (SSSR count). The van der Waals surface area contributed by atoms with Crippen molar-refractivity contribution in [3.63, 3.8) is 0 Å².